The average Bonchev–Trinajstić information content (AvgIpc) is 2.67. The van der Waals surface area contributed by atoms with Gasteiger partial charge in [-0.25, -0.2) is 16.8 Å². The van der Waals surface area contributed by atoms with E-state index in [2.05, 4.69) is 0 Å². The Hall–Kier alpha value is -0.320. The second-order valence-corrected chi connectivity index (χ2v) is 13.8. The Labute approximate surface area is 251 Å². The van der Waals surface area contributed by atoms with Crippen LogP contribution in [0.15, 0.2) is 46.4 Å². The molecule has 1 atom stereocenters. The molecule has 2 aliphatic carbocycles. The first-order valence-electron chi connectivity index (χ1n) is 9.00. The Morgan fingerprint density at radius 2 is 1.42 bits per heavy atom. The summed E-state index contributed by atoms with van der Waals surface area (Å²) in [5, 5.41) is 0. The van der Waals surface area contributed by atoms with Crippen LogP contribution in [0.2, 0.25) is 0 Å². The molecule has 1 aromatic carbocycles. The van der Waals surface area contributed by atoms with E-state index in [0.29, 0.717) is 0 Å². The van der Waals surface area contributed by atoms with Crippen LogP contribution >= 0.6 is 0 Å². The molecule has 0 bridgehead atoms. The molecule has 0 aliphatic heterocycles. The van der Waals surface area contributed by atoms with Gasteiger partial charge in [-0.05, 0) is 24.6 Å². The van der Waals surface area contributed by atoms with Gasteiger partial charge in [0.1, 0.15) is 4.75 Å². The SMILES string of the molecule is CCC1(S(=O)(=O)NS(=O)(=O)O)C=CC2=C(C1)C(=O)c1ccc(S(=O)(=O)NS(=O)(=O)O)cc1C2=O.[Na].[Na]. The summed E-state index contributed by atoms with van der Waals surface area (Å²) in [5.41, 5.74) is -1.29. The van der Waals surface area contributed by atoms with Crippen molar-refractivity contribution in [1.29, 1.82) is 0 Å². The molecule has 0 aromatic heterocycles. The van der Waals surface area contributed by atoms with Crippen molar-refractivity contribution >= 4 is 111 Å². The fourth-order valence-corrected chi connectivity index (χ4v) is 8.36. The summed E-state index contributed by atoms with van der Waals surface area (Å²) in [4.78, 5) is 25.3. The fourth-order valence-electron chi connectivity index (χ4n) is 3.61. The van der Waals surface area contributed by atoms with Gasteiger partial charge < -0.3 is 0 Å². The molecule has 0 saturated heterocycles. The van der Waals surface area contributed by atoms with Crippen molar-refractivity contribution in [3.05, 3.63) is 52.6 Å². The minimum atomic E-state index is -5.18. The minimum absolute atomic E-state index is 0. The fraction of sp³-hybridized carbons (Fsp3) is 0.250. The van der Waals surface area contributed by atoms with Crippen LogP contribution in [-0.4, -0.2) is 118 Å². The standard InChI is InChI=1S/C16H16N2O12S4.2Na/c1-2-16(32(23,24)18-34(28,29)30)6-5-11-13(8-16)15(20)10-4-3-9(7-12(10)14(11)19)31(21,22)17-33(25,26)27;;/h3-7,17-18H,2,8H2,1H3,(H,25,26,27)(H,28,29,30);;. The quantitative estimate of drug-likeness (QED) is 0.206. The number of sulfonamides is 2. The van der Waals surface area contributed by atoms with E-state index >= 15 is 0 Å². The first-order valence-corrected chi connectivity index (χ1v) is 14.8. The molecule has 0 heterocycles. The van der Waals surface area contributed by atoms with E-state index in [1.807, 2.05) is 0 Å². The maximum absolute atomic E-state index is 13.1. The van der Waals surface area contributed by atoms with E-state index in [0.717, 1.165) is 38.6 Å². The largest absolute Gasteiger partial charge is 0.346 e. The van der Waals surface area contributed by atoms with Crippen molar-refractivity contribution in [2.75, 3.05) is 0 Å². The van der Waals surface area contributed by atoms with Crippen molar-refractivity contribution in [2.24, 2.45) is 0 Å². The van der Waals surface area contributed by atoms with Crippen LogP contribution in [-0.2, 0) is 40.7 Å². The number of hydrogen-bond acceptors (Lipinski definition) is 10. The zero-order valence-electron chi connectivity index (χ0n) is 18.9. The van der Waals surface area contributed by atoms with Crippen LogP contribution in [0, 0.1) is 0 Å². The molecule has 0 amide bonds. The maximum atomic E-state index is 13.1. The van der Waals surface area contributed by atoms with Gasteiger partial charge in [0.05, 0.1) is 4.90 Å². The summed E-state index contributed by atoms with van der Waals surface area (Å²) in [6.45, 7) is 1.38. The number of ketones is 2. The Kier molecular flexibility index (Phi) is 10.3. The van der Waals surface area contributed by atoms with Gasteiger partial charge in [-0.1, -0.05) is 27.3 Å². The van der Waals surface area contributed by atoms with E-state index in [-0.39, 0.29) is 82.2 Å². The molecule has 4 N–H and O–H groups in total. The number of rotatable bonds is 7. The molecule has 3 rings (SSSR count). The Morgan fingerprint density at radius 1 is 0.861 bits per heavy atom. The first-order chi connectivity index (χ1) is 15.3. The molecule has 2 aliphatic rings. The van der Waals surface area contributed by atoms with E-state index in [4.69, 9.17) is 9.11 Å². The molecular formula is C16H16N2Na2O12S4. The number of Topliss-reactive ketones (excluding diaryl/α,β-unsaturated/α-hetero) is 2. The second-order valence-electron chi connectivity index (χ2n) is 7.31. The zero-order chi connectivity index (χ0) is 25.9. The van der Waals surface area contributed by atoms with Gasteiger partial charge in [0, 0.05) is 87.8 Å². The topological polar surface area (TPSA) is 235 Å². The third-order valence-electron chi connectivity index (χ3n) is 5.23. The number of nitrogens with one attached hydrogen (secondary N) is 2. The van der Waals surface area contributed by atoms with E-state index in [1.54, 1.807) is 0 Å². The van der Waals surface area contributed by atoms with Crippen LogP contribution in [0.1, 0.15) is 40.5 Å². The zero-order valence-corrected chi connectivity index (χ0v) is 26.2. The molecule has 0 fully saturated rings. The summed E-state index contributed by atoms with van der Waals surface area (Å²) in [7, 11) is -20.0. The number of fused-ring (bicyclic) bond motifs is 1. The normalized spacial score (nSPS) is 20.2. The third-order valence-corrected chi connectivity index (χ3v) is 11.2. The first kappa shape index (κ1) is 33.7. The van der Waals surface area contributed by atoms with Crippen molar-refractivity contribution in [2.45, 2.75) is 29.4 Å². The molecule has 1 aromatic rings. The van der Waals surface area contributed by atoms with Gasteiger partial charge in [-0.3, -0.25) is 18.7 Å². The number of benzene rings is 1. The van der Waals surface area contributed by atoms with Crippen molar-refractivity contribution in [3.63, 3.8) is 0 Å². The predicted molar refractivity (Wildman–Crippen MR) is 126 cm³/mol. The smallest absolute Gasteiger partial charge is 0.289 e. The average molecular weight is 603 g/mol. The molecule has 20 heteroatoms. The van der Waals surface area contributed by atoms with Crippen molar-refractivity contribution < 1.29 is 52.4 Å². The molecule has 2 radical (unpaired) electrons. The molecule has 14 nitrogen and oxygen atoms in total. The molecule has 1 unspecified atom stereocenters. The van der Waals surface area contributed by atoms with Crippen LogP contribution in [0.3, 0.4) is 0 Å². The molecular weight excluding hydrogens is 586 g/mol. The molecule has 0 spiro atoms. The predicted octanol–water partition coefficient (Wildman–Crippen LogP) is -1.49. The van der Waals surface area contributed by atoms with Gasteiger partial charge in [0.15, 0.2) is 11.6 Å². The Morgan fingerprint density at radius 3 is 1.92 bits per heavy atom. The van der Waals surface area contributed by atoms with Crippen molar-refractivity contribution in [1.82, 2.24) is 8.25 Å². The molecule has 36 heavy (non-hydrogen) atoms. The van der Waals surface area contributed by atoms with Gasteiger partial charge in [-0.15, -0.1) is 0 Å². The summed E-state index contributed by atoms with van der Waals surface area (Å²) in [6, 6.07) is 2.43. The number of carbonyl (C=O) groups excluding carboxylic acids is 2. The Bertz CT molecular complexity index is 1630. The second kappa shape index (κ2) is 11.0. The minimum Gasteiger partial charge on any atom is -0.289 e. The van der Waals surface area contributed by atoms with Crippen LogP contribution in [0.4, 0.5) is 0 Å². The summed E-state index contributed by atoms with van der Waals surface area (Å²) >= 11 is 0. The number of carbonyl (C=O) groups is 2. The van der Waals surface area contributed by atoms with Crippen LogP contribution < -0.4 is 8.25 Å². The third kappa shape index (κ3) is 6.63. The van der Waals surface area contributed by atoms with E-state index in [1.165, 1.54) is 6.92 Å². The van der Waals surface area contributed by atoms with Gasteiger partial charge in [-0.2, -0.15) is 16.8 Å². The monoisotopic (exact) mass is 602 g/mol. The number of allylic oxidation sites excluding steroid dienone is 3. The maximum Gasteiger partial charge on any atom is 0.346 e. The summed E-state index contributed by atoms with van der Waals surface area (Å²) < 4.78 is 111. The number of hydrogen-bond donors (Lipinski definition) is 4. The van der Waals surface area contributed by atoms with Gasteiger partial charge in [0.2, 0.25) is 10.0 Å². The summed E-state index contributed by atoms with van der Waals surface area (Å²) in [5.74, 6) is -1.73. The molecule has 0 saturated carbocycles. The summed E-state index contributed by atoms with van der Waals surface area (Å²) in [6.07, 6.45) is 1.08. The Balaban J connectivity index is 0.00000324. The van der Waals surface area contributed by atoms with Crippen LogP contribution in [0.5, 0.6) is 0 Å². The van der Waals surface area contributed by atoms with Crippen LogP contribution in [0.25, 0.3) is 0 Å². The van der Waals surface area contributed by atoms with Gasteiger partial charge in [0.25, 0.3) is 10.0 Å². The van der Waals surface area contributed by atoms with E-state index in [9.17, 15) is 43.3 Å². The molecule has 188 valence electrons. The van der Waals surface area contributed by atoms with Crippen molar-refractivity contribution in [3.8, 4) is 0 Å². The van der Waals surface area contributed by atoms with E-state index < -0.39 is 73.8 Å². The van der Waals surface area contributed by atoms with Gasteiger partial charge >= 0.3 is 20.6 Å².